The molecule has 0 aliphatic heterocycles. The van der Waals surface area contributed by atoms with Gasteiger partial charge < -0.3 is 9.47 Å². The topological polar surface area (TPSA) is 35.5 Å². The maximum absolute atomic E-state index is 10.9. The second-order valence-electron chi connectivity index (χ2n) is 3.97. The molecular weight excluding hydrogens is 228 g/mol. The molecule has 0 aliphatic rings. The lowest BCUT2D eigenvalue weighted by molar-refractivity contribution is -0.146. The molecule has 0 fully saturated rings. The number of carbonyl (C=O) groups excluding carboxylic acids is 1. The Morgan fingerprint density at radius 3 is 2.72 bits per heavy atom. The summed E-state index contributed by atoms with van der Waals surface area (Å²) in [6.45, 7) is 2.46. The Hall–Kier alpha value is -1.79. The zero-order chi connectivity index (χ0) is 13.2. The van der Waals surface area contributed by atoms with Gasteiger partial charge in [0.2, 0.25) is 0 Å². The summed E-state index contributed by atoms with van der Waals surface area (Å²) in [6.07, 6.45) is 6.02. The molecule has 0 saturated carbocycles. The lowest BCUT2D eigenvalue weighted by Gasteiger charge is -2.14. The highest BCUT2D eigenvalue weighted by molar-refractivity contribution is 5.66. The Morgan fingerprint density at radius 1 is 1.39 bits per heavy atom. The van der Waals surface area contributed by atoms with Crippen molar-refractivity contribution in [2.75, 3.05) is 6.61 Å². The Bertz CT molecular complexity index is 392. The number of carbonyl (C=O) groups is 1. The van der Waals surface area contributed by atoms with Crippen LogP contribution >= 0.6 is 0 Å². The summed E-state index contributed by atoms with van der Waals surface area (Å²) in [4.78, 5) is 10.9. The van der Waals surface area contributed by atoms with E-state index in [0.717, 1.165) is 5.56 Å². The Kier molecular flexibility index (Phi) is 6.60. The number of hydrogen-bond acceptors (Lipinski definition) is 3. The fourth-order valence-electron chi connectivity index (χ4n) is 1.55. The first-order valence-electron chi connectivity index (χ1n) is 5.94. The molecule has 0 heterocycles. The van der Waals surface area contributed by atoms with Gasteiger partial charge in [0, 0.05) is 19.8 Å². The van der Waals surface area contributed by atoms with E-state index in [2.05, 4.69) is 5.92 Å². The highest BCUT2D eigenvalue weighted by Gasteiger charge is 2.10. The molecule has 0 bridgehead atoms. The summed E-state index contributed by atoms with van der Waals surface area (Å²) in [7, 11) is 0. The summed E-state index contributed by atoms with van der Waals surface area (Å²) < 4.78 is 10.6. The van der Waals surface area contributed by atoms with Gasteiger partial charge in [0.1, 0.15) is 6.10 Å². The average Bonchev–Trinajstić information content (AvgIpc) is 2.35. The monoisotopic (exact) mass is 246 g/mol. The van der Waals surface area contributed by atoms with Crippen LogP contribution in [0.5, 0.6) is 0 Å². The van der Waals surface area contributed by atoms with Gasteiger partial charge >= 0.3 is 5.97 Å². The van der Waals surface area contributed by atoms with Crippen LogP contribution in [0.4, 0.5) is 0 Å². The third-order valence-electron chi connectivity index (χ3n) is 2.37. The van der Waals surface area contributed by atoms with Crippen LogP contribution in [0.1, 0.15) is 25.3 Å². The zero-order valence-electron chi connectivity index (χ0n) is 10.6. The van der Waals surface area contributed by atoms with Crippen molar-refractivity contribution in [1.29, 1.82) is 0 Å². The lowest BCUT2D eigenvalue weighted by atomic mass is 10.2. The summed E-state index contributed by atoms with van der Waals surface area (Å²) in [5.74, 6) is 2.19. The standard InChI is InChI=1S/C15H18O3/c1-3-7-15(18-13(2)16)10-11-17-12-14-8-5-4-6-9-14/h1,4-6,8-9,15H,7,10-12H2,2H3. The summed E-state index contributed by atoms with van der Waals surface area (Å²) >= 11 is 0. The molecule has 0 spiro atoms. The van der Waals surface area contributed by atoms with Gasteiger partial charge in [-0.1, -0.05) is 30.3 Å². The minimum atomic E-state index is -0.307. The van der Waals surface area contributed by atoms with E-state index in [1.807, 2.05) is 30.3 Å². The minimum Gasteiger partial charge on any atom is -0.461 e. The molecule has 0 saturated heterocycles. The zero-order valence-corrected chi connectivity index (χ0v) is 10.6. The minimum absolute atomic E-state index is 0.247. The fraction of sp³-hybridized carbons (Fsp3) is 0.400. The molecule has 3 nitrogen and oxygen atoms in total. The van der Waals surface area contributed by atoms with Crippen molar-refractivity contribution >= 4 is 5.97 Å². The molecular formula is C15H18O3. The lowest BCUT2D eigenvalue weighted by Crippen LogP contribution is -2.18. The van der Waals surface area contributed by atoms with Crippen LogP contribution in [0.2, 0.25) is 0 Å². The van der Waals surface area contributed by atoms with E-state index in [0.29, 0.717) is 26.1 Å². The van der Waals surface area contributed by atoms with Crippen LogP contribution in [-0.4, -0.2) is 18.7 Å². The maximum Gasteiger partial charge on any atom is 0.302 e. The maximum atomic E-state index is 10.9. The second kappa shape index (κ2) is 8.32. The SMILES string of the molecule is C#CCC(CCOCc1ccccc1)OC(C)=O. The predicted molar refractivity (Wildman–Crippen MR) is 69.7 cm³/mol. The molecule has 1 rings (SSSR count). The van der Waals surface area contributed by atoms with E-state index in [9.17, 15) is 4.79 Å². The molecule has 0 aromatic heterocycles. The van der Waals surface area contributed by atoms with E-state index in [4.69, 9.17) is 15.9 Å². The van der Waals surface area contributed by atoms with Crippen LogP contribution in [0.15, 0.2) is 30.3 Å². The van der Waals surface area contributed by atoms with Gasteiger partial charge in [0.15, 0.2) is 0 Å². The number of benzene rings is 1. The molecule has 1 unspecified atom stereocenters. The van der Waals surface area contributed by atoms with E-state index >= 15 is 0 Å². The molecule has 18 heavy (non-hydrogen) atoms. The van der Waals surface area contributed by atoms with Crippen molar-refractivity contribution in [3.05, 3.63) is 35.9 Å². The number of hydrogen-bond donors (Lipinski definition) is 0. The van der Waals surface area contributed by atoms with E-state index in [-0.39, 0.29) is 12.1 Å². The fourth-order valence-corrected chi connectivity index (χ4v) is 1.55. The number of terminal acetylenes is 1. The van der Waals surface area contributed by atoms with Gasteiger partial charge in [-0.25, -0.2) is 0 Å². The van der Waals surface area contributed by atoms with Gasteiger partial charge in [-0.2, -0.15) is 0 Å². The highest BCUT2D eigenvalue weighted by atomic mass is 16.5. The van der Waals surface area contributed by atoms with Gasteiger partial charge in [-0.15, -0.1) is 12.3 Å². The number of ether oxygens (including phenoxy) is 2. The molecule has 1 aromatic rings. The largest absolute Gasteiger partial charge is 0.461 e. The summed E-state index contributed by atoms with van der Waals surface area (Å²) in [5, 5.41) is 0. The molecule has 1 atom stereocenters. The first kappa shape index (κ1) is 14.3. The number of rotatable bonds is 7. The van der Waals surface area contributed by atoms with Crippen molar-refractivity contribution in [1.82, 2.24) is 0 Å². The summed E-state index contributed by atoms with van der Waals surface area (Å²) in [5.41, 5.74) is 1.12. The first-order valence-corrected chi connectivity index (χ1v) is 5.94. The Balaban J connectivity index is 2.22. The number of esters is 1. The van der Waals surface area contributed by atoms with Crippen molar-refractivity contribution in [2.45, 2.75) is 32.5 Å². The van der Waals surface area contributed by atoms with Crippen LogP contribution in [-0.2, 0) is 20.9 Å². The van der Waals surface area contributed by atoms with E-state index in [1.165, 1.54) is 6.92 Å². The molecule has 3 heteroatoms. The van der Waals surface area contributed by atoms with Crippen LogP contribution in [0.25, 0.3) is 0 Å². The van der Waals surface area contributed by atoms with Crippen molar-refractivity contribution in [3.8, 4) is 12.3 Å². The third kappa shape index (κ3) is 6.07. The van der Waals surface area contributed by atoms with Crippen LogP contribution in [0, 0.1) is 12.3 Å². The van der Waals surface area contributed by atoms with Crippen molar-refractivity contribution in [2.24, 2.45) is 0 Å². The quantitative estimate of drug-likeness (QED) is 0.421. The Morgan fingerprint density at radius 2 is 2.11 bits per heavy atom. The third-order valence-corrected chi connectivity index (χ3v) is 2.37. The second-order valence-corrected chi connectivity index (χ2v) is 3.97. The van der Waals surface area contributed by atoms with E-state index in [1.54, 1.807) is 0 Å². The normalized spacial score (nSPS) is 11.6. The highest BCUT2D eigenvalue weighted by Crippen LogP contribution is 2.06. The van der Waals surface area contributed by atoms with Gasteiger partial charge in [-0.3, -0.25) is 4.79 Å². The molecule has 1 aromatic carbocycles. The van der Waals surface area contributed by atoms with Crippen LogP contribution in [0.3, 0.4) is 0 Å². The van der Waals surface area contributed by atoms with Crippen molar-refractivity contribution in [3.63, 3.8) is 0 Å². The van der Waals surface area contributed by atoms with Crippen LogP contribution < -0.4 is 0 Å². The van der Waals surface area contributed by atoms with E-state index < -0.39 is 0 Å². The molecule has 0 amide bonds. The van der Waals surface area contributed by atoms with Gasteiger partial charge in [0.05, 0.1) is 13.2 Å². The molecule has 0 N–H and O–H groups in total. The van der Waals surface area contributed by atoms with Gasteiger partial charge in [0.25, 0.3) is 0 Å². The summed E-state index contributed by atoms with van der Waals surface area (Å²) in [6, 6.07) is 9.92. The Labute approximate surface area is 108 Å². The first-order chi connectivity index (χ1) is 8.72. The van der Waals surface area contributed by atoms with Crippen molar-refractivity contribution < 1.29 is 14.3 Å². The average molecular weight is 246 g/mol. The smallest absolute Gasteiger partial charge is 0.302 e. The molecule has 96 valence electrons. The predicted octanol–water partition coefficient (Wildman–Crippen LogP) is 2.55. The molecule has 0 radical (unpaired) electrons. The van der Waals surface area contributed by atoms with Gasteiger partial charge in [-0.05, 0) is 5.56 Å². The molecule has 0 aliphatic carbocycles.